The van der Waals surface area contributed by atoms with E-state index in [0.717, 1.165) is 0 Å². The van der Waals surface area contributed by atoms with Gasteiger partial charge in [0, 0.05) is 6.20 Å². The number of hydrogen-bond acceptors (Lipinski definition) is 4. The molecule has 0 bridgehead atoms. The molecule has 1 rings (SSSR count). The minimum Gasteiger partial charge on any atom is -0.476 e. The van der Waals surface area contributed by atoms with E-state index in [4.69, 9.17) is 5.11 Å². The lowest BCUT2D eigenvalue weighted by Gasteiger charge is -2.15. The zero-order valence-electron chi connectivity index (χ0n) is 7.65. The van der Waals surface area contributed by atoms with Crippen LogP contribution in [0.3, 0.4) is 0 Å². The number of nitrogens with zero attached hydrogens (tertiary/aromatic N) is 2. The fourth-order valence-electron chi connectivity index (χ4n) is 0.812. The van der Waals surface area contributed by atoms with Crippen LogP contribution < -0.4 is 0 Å². The Kier molecular flexibility index (Phi) is 2.86. The first-order valence-electron chi connectivity index (χ1n) is 3.81. The number of hydrogen-bond donors (Lipinski definition) is 2. The summed E-state index contributed by atoms with van der Waals surface area (Å²) >= 11 is 3.01. The number of carboxylic acid groups (broad SMARTS) is 1. The van der Waals surface area contributed by atoms with E-state index >= 15 is 0 Å². The van der Waals surface area contributed by atoms with Gasteiger partial charge < -0.3 is 10.2 Å². The smallest absolute Gasteiger partial charge is 0.355 e. The molecule has 0 aliphatic carbocycles. The average Bonchev–Trinajstić information content (AvgIpc) is 2.02. The molecule has 76 valence electrons. The highest BCUT2D eigenvalue weighted by Gasteiger charge is 2.22. The van der Waals surface area contributed by atoms with Crippen LogP contribution in [0.25, 0.3) is 0 Å². The molecule has 0 spiro atoms. The van der Waals surface area contributed by atoms with E-state index in [1.165, 1.54) is 20.0 Å². The highest BCUT2D eigenvalue weighted by atomic mass is 79.9. The third kappa shape index (κ3) is 2.27. The van der Waals surface area contributed by atoms with Crippen LogP contribution in [-0.2, 0) is 5.60 Å². The van der Waals surface area contributed by atoms with E-state index < -0.39 is 11.6 Å². The minimum absolute atomic E-state index is 0.0816. The second-order valence-electron chi connectivity index (χ2n) is 3.25. The Morgan fingerprint density at radius 2 is 2.14 bits per heavy atom. The number of halogens is 1. The van der Waals surface area contributed by atoms with Gasteiger partial charge >= 0.3 is 5.97 Å². The molecule has 2 N–H and O–H groups in total. The van der Waals surface area contributed by atoms with Crippen molar-refractivity contribution in [1.29, 1.82) is 0 Å². The van der Waals surface area contributed by atoms with Gasteiger partial charge in [-0.3, -0.25) is 0 Å². The summed E-state index contributed by atoms with van der Waals surface area (Å²) in [5.74, 6) is -1.08. The van der Waals surface area contributed by atoms with Crippen molar-refractivity contribution in [3.05, 3.63) is 22.2 Å². The number of aliphatic hydroxyl groups is 1. The van der Waals surface area contributed by atoms with Gasteiger partial charge in [0.05, 0.1) is 4.47 Å². The van der Waals surface area contributed by atoms with Gasteiger partial charge in [0.1, 0.15) is 5.60 Å². The van der Waals surface area contributed by atoms with Crippen LogP contribution in [0.15, 0.2) is 10.7 Å². The molecule has 0 saturated heterocycles. The van der Waals surface area contributed by atoms with Crippen molar-refractivity contribution in [3.63, 3.8) is 0 Å². The van der Waals surface area contributed by atoms with E-state index in [-0.39, 0.29) is 16.0 Å². The van der Waals surface area contributed by atoms with Gasteiger partial charge in [-0.15, -0.1) is 0 Å². The van der Waals surface area contributed by atoms with Crippen molar-refractivity contribution in [2.75, 3.05) is 0 Å². The van der Waals surface area contributed by atoms with Crippen LogP contribution in [0.4, 0.5) is 0 Å². The van der Waals surface area contributed by atoms with Crippen LogP contribution in [0.2, 0.25) is 0 Å². The molecular formula is C8H9BrN2O3. The van der Waals surface area contributed by atoms with Crippen LogP contribution in [0.5, 0.6) is 0 Å². The number of carbonyl (C=O) groups is 1. The Labute approximate surface area is 88.9 Å². The van der Waals surface area contributed by atoms with Gasteiger partial charge in [-0.05, 0) is 29.8 Å². The quantitative estimate of drug-likeness (QED) is 0.834. The average molecular weight is 261 g/mol. The Hall–Kier alpha value is -1.01. The maximum Gasteiger partial charge on any atom is 0.355 e. The van der Waals surface area contributed by atoms with E-state index in [9.17, 15) is 9.90 Å². The van der Waals surface area contributed by atoms with Crippen molar-refractivity contribution in [1.82, 2.24) is 9.97 Å². The van der Waals surface area contributed by atoms with E-state index in [1.54, 1.807) is 0 Å². The number of aromatic carboxylic acids is 1. The second-order valence-corrected chi connectivity index (χ2v) is 4.11. The molecule has 0 atom stereocenters. The van der Waals surface area contributed by atoms with Gasteiger partial charge in [0.15, 0.2) is 11.5 Å². The topological polar surface area (TPSA) is 83.3 Å². The first-order valence-corrected chi connectivity index (χ1v) is 4.60. The first-order chi connectivity index (χ1) is 6.32. The molecule has 0 unspecified atom stereocenters. The van der Waals surface area contributed by atoms with Crippen molar-refractivity contribution >= 4 is 21.9 Å². The number of carboxylic acids is 1. The molecule has 1 heterocycles. The molecule has 0 saturated carbocycles. The van der Waals surface area contributed by atoms with Crippen molar-refractivity contribution in [2.45, 2.75) is 19.4 Å². The Morgan fingerprint density at radius 1 is 1.57 bits per heavy atom. The Balaban J connectivity index is 3.27. The maximum atomic E-state index is 10.7. The predicted octanol–water partition coefficient (Wildman–Crippen LogP) is 1.16. The standard InChI is InChI=1S/C8H9BrN2O3/c1-8(2,14)7-10-3-4(9)5(11-7)6(12)13/h3,14H,1-2H3,(H,12,13). The van der Waals surface area contributed by atoms with Gasteiger partial charge in [-0.2, -0.15) is 0 Å². The summed E-state index contributed by atoms with van der Waals surface area (Å²) in [5, 5.41) is 18.3. The molecule has 0 aliphatic rings. The molecule has 1 aromatic heterocycles. The molecule has 0 aromatic carbocycles. The van der Waals surface area contributed by atoms with Gasteiger partial charge in [-0.25, -0.2) is 14.8 Å². The summed E-state index contributed by atoms with van der Waals surface area (Å²) < 4.78 is 0.290. The molecule has 14 heavy (non-hydrogen) atoms. The fraction of sp³-hybridized carbons (Fsp3) is 0.375. The SMILES string of the molecule is CC(C)(O)c1ncc(Br)c(C(=O)O)n1. The molecule has 5 nitrogen and oxygen atoms in total. The second kappa shape index (κ2) is 3.62. The van der Waals surface area contributed by atoms with E-state index in [2.05, 4.69) is 25.9 Å². The third-order valence-corrected chi connectivity index (χ3v) is 2.07. The maximum absolute atomic E-state index is 10.7. The van der Waals surface area contributed by atoms with Crippen molar-refractivity contribution in [2.24, 2.45) is 0 Å². The largest absolute Gasteiger partial charge is 0.476 e. The first kappa shape index (κ1) is 11.1. The Bertz CT molecular complexity index is 373. The van der Waals surface area contributed by atoms with Crippen molar-refractivity contribution < 1.29 is 15.0 Å². The zero-order chi connectivity index (χ0) is 10.9. The molecule has 6 heteroatoms. The Morgan fingerprint density at radius 3 is 2.57 bits per heavy atom. The molecule has 0 fully saturated rings. The fourth-order valence-corrected chi connectivity index (χ4v) is 1.17. The molecule has 1 aromatic rings. The van der Waals surface area contributed by atoms with E-state index in [1.807, 2.05) is 0 Å². The molecule has 0 aliphatic heterocycles. The van der Waals surface area contributed by atoms with Crippen LogP contribution in [-0.4, -0.2) is 26.2 Å². The van der Waals surface area contributed by atoms with Crippen molar-refractivity contribution in [3.8, 4) is 0 Å². The summed E-state index contributed by atoms with van der Waals surface area (Å²) in [7, 11) is 0. The molecule has 0 amide bonds. The van der Waals surface area contributed by atoms with Crippen LogP contribution >= 0.6 is 15.9 Å². The number of aromatic nitrogens is 2. The lowest BCUT2D eigenvalue weighted by Crippen LogP contribution is -2.21. The number of rotatable bonds is 2. The summed E-state index contributed by atoms with van der Waals surface area (Å²) in [6.45, 7) is 2.98. The lowest BCUT2D eigenvalue weighted by molar-refractivity contribution is 0.0647. The van der Waals surface area contributed by atoms with Crippen LogP contribution in [0, 0.1) is 0 Å². The van der Waals surface area contributed by atoms with Gasteiger partial charge in [0.2, 0.25) is 0 Å². The normalized spacial score (nSPS) is 11.4. The van der Waals surface area contributed by atoms with Gasteiger partial charge in [0.25, 0.3) is 0 Å². The monoisotopic (exact) mass is 260 g/mol. The van der Waals surface area contributed by atoms with E-state index in [0.29, 0.717) is 0 Å². The minimum atomic E-state index is -1.25. The highest BCUT2D eigenvalue weighted by Crippen LogP contribution is 2.19. The van der Waals surface area contributed by atoms with Crippen LogP contribution in [0.1, 0.15) is 30.2 Å². The highest BCUT2D eigenvalue weighted by molar-refractivity contribution is 9.10. The summed E-state index contributed by atoms with van der Waals surface area (Å²) in [5.41, 5.74) is -1.40. The third-order valence-electron chi connectivity index (χ3n) is 1.49. The molecule has 0 radical (unpaired) electrons. The summed E-state index contributed by atoms with van der Waals surface area (Å²) in [6.07, 6.45) is 1.31. The molecular weight excluding hydrogens is 252 g/mol. The summed E-state index contributed by atoms with van der Waals surface area (Å²) in [4.78, 5) is 18.3. The zero-order valence-corrected chi connectivity index (χ0v) is 9.24. The lowest BCUT2D eigenvalue weighted by atomic mass is 10.1. The predicted molar refractivity (Wildman–Crippen MR) is 51.9 cm³/mol. The van der Waals surface area contributed by atoms with Gasteiger partial charge in [-0.1, -0.05) is 0 Å². The summed E-state index contributed by atoms with van der Waals surface area (Å²) in [6, 6.07) is 0.